The first kappa shape index (κ1) is 22.0. The molecule has 178 valence electrons. The number of halogens is 3. The Bertz CT molecular complexity index is 1490. The Morgan fingerprint density at radius 3 is 2.60 bits per heavy atom. The fraction of sp³-hybridized carbons (Fsp3) is 0.296. The molecule has 0 saturated heterocycles. The molecule has 0 N–H and O–H groups in total. The molecule has 0 aliphatic carbocycles. The Balaban J connectivity index is 1.23. The van der Waals surface area contributed by atoms with Crippen LogP contribution >= 0.6 is 0 Å². The van der Waals surface area contributed by atoms with Crippen LogP contribution in [0.3, 0.4) is 0 Å². The summed E-state index contributed by atoms with van der Waals surface area (Å²) < 4.78 is 40.5. The van der Waals surface area contributed by atoms with E-state index in [2.05, 4.69) is 33.1 Å². The second kappa shape index (κ2) is 8.30. The summed E-state index contributed by atoms with van der Waals surface area (Å²) in [7, 11) is 0. The average Bonchev–Trinajstić information content (AvgIpc) is 2.86. The summed E-state index contributed by atoms with van der Waals surface area (Å²) in [6, 6.07) is 13.2. The van der Waals surface area contributed by atoms with Gasteiger partial charge in [-0.2, -0.15) is 13.2 Å². The lowest BCUT2D eigenvalue weighted by Gasteiger charge is -2.28. The summed E-state index contributed by atoms with van der Waals surface area (Å²) >= 11 is 0. The number of alkyl halides is 3. The number of para-hydroxylation sites is 1. The van der Waals surface area contributed by atoms with Gasteiger partial charge >= 0.3 is 6.18 Å². The minimum absolute atomic E-state index is 0.0874. The zero-order valence-corrected chi connectivity index (χ0v) is 19.0. The van der Waals surface area contributed by atoms with E-state index < -0.39 is 11.7 Å². The van der Waals surface area contributed by atoms with Gasteiger partial charge < -0.3 is 4.57 Å². The Morgan fingerprint density at radius 2 is 1.80 bits per heavy atom. The van der Waals surface area contributed by atoms with Crippen molar-refractivity contribution in [2.45, 2.75) is 45.1 Å². The third-order valence-electron chi connectivity index (χ3n) is 6.98. The molecular formula is C27H23F3N4O. The van der Waals surface area contributed by atoms with E-state index in [1.54, 1.807) is 6.20 Å². The van der Waals surface area contributed by atoms with Crippen LogP contribution in [0.2, 0.25) is 0 Å². The molecule has 0 amide bonds. The summed E-state index contributed by atoms with van der Waals surface area (Å²) in [4.78, 5) is 24.5. The number of rotatable bonds is 3. The lowest BCUT2D eigenvalue weighted by molar-refractivity contribution is -0.137. The average molecular weight is 477 g/mol. The topological polar surface area (TPSA) is 51.0 Å². The maximum Gasteiger partial charge on any atom is 0.416 e. The van der Waals surface area contributed by atoms with Gasteiger partial charge in [-0.1, -0.05) is 30.3 Å². The highest BCUT2D eigenvalue weighted by molar-refractivity contribution is 5.83. The number of fused-ring (bicyclic) bond motifs is 1. The van der Waals surface area contributed by atoms with Gasteiger partial charge in [0, 0.05) is 55.5 Å². The normalized spacial score (nSPS) is 15.9. The van der Waals surface area contributed by atoms with Crippen LogP contribution in [0.5, 0.6) is 0 Å². The molecule has 5 nitrogen and oxygen atoms in total. The molecule has 2 aliphatic heterocycles. The summed E-state index contributed by atoms with van der Waals surface area (Å²) in [5.74, 6) is 0.425. The Morgan fingerprint density at radius 1 is 0.971 bits per heavy atom. The summed E-state index contributed by atoms with van der Waals surface area (Å²) in [5, 5.41) is 1.11. The van der Waals surface area contributed by atoms with Crippen molar-refractivity contribution in [1.29, 1.82) is 0 Å². The van der Waals surface area contributed by atoms with Crippen molar-refractivity contribution in [3.8, 4) is 11.4 Å². The number of hydrogen-bond donors (Lipinski definition) is 0. The van der Waals surface area contributed by atoms with Gasteiger partial charge in [-0.15, -0.1) is 0 Å². The van der Waals surface area contributed by atoms with Crippen molar-refractivity contribution < 1.29 is 13.2 Å². The van der Waals surface area contributed by atoms with Gasteiger partial charge in [-0.3, -0.25) is 9.69 Å². The summed E-state index contributed by atoms with van der Waals surface area (Å²) in [6.45, 7) is 2.68. The van der Waals surface area contributed by atoms with Gasteiger partial charge in [0.15, 0.2) is 5.82 Å². The van der Waals surface area contributed by atoms with Crippen LogP contribution in [0, 0.1) is 0 Å². The molecule has 6 rings (SSSR count). The predicted molar refractivity (Wildman–Crippen MR) is 127 cm³/mol. The minimum atomic E-state index is -4.37. The smallest absolute Gasteiger partial charge is 0.308 e. The first-order valence-corrected chi connectivity index (χ1v) is 11.8. The van der Waals surface area contributed by atoms with Crippen molar-refractivity contribution in [2.75, 3.05) is 6.54 Å². The van der Waals surface area contributed by atoms with Crippen LogP contribution in [-0.2, 0) is 38.7 Å². The first-order valence-electron chi connectivity index (χ1n) is 11.8. The van der Waals surface area contributed by atoms with Crippen LogP contribution in [-0.4, -0.2) is 26.0 Å². The molecule has 35 heavy (non-hydrogen) atoms. The zero-order chi connectivity index (χ0) is 24.2. The van der Waals surface area contributed by atoms with E-state index in [9.17, 15) is 18.0 Å². The van der Waals surface area contributed by atoms with Gasteiger partial charge in [-0.05, 0) is 42.0 Å². The molecule has 0 atom stereocenters. The molecule has 4 aromatic rings. The van der Waals surface area contributed by atoms with E-state index in [1.807, 2.05) is 10.6 Å². The van der Waals surface area contributed by atoms with Crippen molar-refractivity contribution in [2.24, 2.45) is 0 Å². The minimum Gasteiger partial charge on any atom is -0.308 e. The highest BCUT2D eigenvalue weighted by Gasteiger charge is 2.30. The van der Waals surface area contributed by atoms with Crippen LogP contribution in [0.15, 0.2) is 59.5 Å². The molecule has 8 heteroatoms. The molecule has 0 saturated carbocycles. The highest BCUT2D eigenvalue weighted by Crippen LogP contribution is 2.31. The second-order valence-corrected chi connectivity index (χ2v) is 9.29. The third kappa shape index (κ3) is 4.01. The van der Waals surface area contributed by atoms with E-state index in [4.69, 9.17) is 0 Å². The molecule has 0 bridgehead atoms. The van der Waals surface area contributed by atoms with E-state index in [1.165, 1.54) is 17.7 Å². The standard InChI is InChI=1S/C27H23F3N4O/c28-27(29,30)22-8-6-18(7-9-22)25-31-14-21-16-33(12-10-23(21)32-25)15-20-13-19-4-1-3-17-5-2-11-34(24(17)19)26(20)35/h1,3-4,6-9,13-14H,2,5,10-12,15-16H2. The molecule has 2 aliphatic rings. The molecule has 4 heterocycles. The Labute approximate surface area is 199 Å². The molecule has 2 aromatic carbocycles. The maximum atomic E-state index is 13.2. The zero-order valence-electron chi connectivity index (χ0n) is 19.0. The van der Waals surface area contributed by atoms with Gasteiger partial charge in [0.05, 0.1) is 16.8 Å². The third-order valence-corrected chi connectivity index (χ3v) is 6.98. The molecule has 0 unspecified atom stereocenters. The van der Waals surface area contributed by atoms with Gasteiger partial charge in [0.1, 0.15) is 0 Å². The number of pyridine rings is 1. The van der Waals surface area contributed by atoms with Crippen molar-refractivity contribution >= 4 is 10.9 Å². The van der Waals surface area contributed by atoms with Crippen molar-refractivity contribution in [1.82, 2.24) is 19.4 Å². The second-order valence-electron chi connectivity index (χ2n) is 9.29. The number of aromatic nitrogens is 3. The number of benzene rings is 2. The fourth-order valence-electron chi connectivity index (χ4n) is 5.23. The highest BCUT2D eigenvalue weighted by atomic mass is 19.4. The molecule has 2 aromatic heterocycles. The van der Waals surface area contributed by atoms with Crippen molar-refractivity contribution in [3.05, 3.63) is 93.0 Å². The SMILES string of the molecule is O=c1c(CN2CCc3nc(-c4ccc(C(F)(F)F)cc4)ncc3C2)cc2cccc3c2n1CCC3. The van der Waals surface area contributed by atoms with E-state index >= 15 is 0 Å². The van der Waals surface area contributed by atoms with E-state index in [0.717, 1.165) is 65.8 Å². The largest absolute Gasteiger partial charge is 0.416 e. The quantitative estimate of drug-likeness (QED) is 0.419. The monoisotopic (exact) mass is 476 g/mol. The summed E-state index contributed by atoms with van der Waals surface area (Å²) in [6.07, 6.45) is 0.0626. The van der Waals surface area contributed by atoms with Crippen LogP contribution in [0.25, 0.3) is 22.3 Å². The van der Waals surface area contributed by atoms with Gasteiger partial charge in [0.25, 0.3) is 5.56 Å². The molecule has 0 spiro atoms. The van der Waals surface area contributed by atoms with Crippen molar-refractivity contribution in [3.63, 3.8) is 0 Å². The van der Waals surface area contributed by atoms with Gasteiger partial charge in [0.2, 0.25) is 0 Å². The summed E-state index contributed by atoms with van der Waals surface area (Å²) in [5.41, 5.74) is 4.95. The van der Waals surface area contributed by atoms with E-state index in [-0.39, 0.29) is 5.56 Å². The maximum absolute atomic E-state index is 13.2. The Kier molecular flexibility index (Phi) is 5.21. The van der Waals surface area contributed by atoms with Crippen LogP contribution in [0.1, 0.15) is 34.4 Å². The lowest BCUT2D eigenvalue weighted by Crippen LogP contribution is -2.35. The fourth-order valence-corrected chi connectivity index (χ4v) is 5.23. The molecule has 0 fully saturated rings. The molecular weight excluding hydrogens is 453 g/mol. The van der Waals surface area contributed by atoms with Gasteiger partial charge in [-0.25, -0.2) is 9.97 Å². The first-order chi connectivity index (χ1) is 16.9. The molecule has 0 radical (unpaired) electrons. The van der Waals surface area contributed by atoms with Crippen LogP contribution < -0.4 is 5.56 Å². The van der Waals surface area contributed by atoms with Crippen LogP contribution in [0.4, 0.5) is 13.2 Å². The number of aryl methyl sites for hydroxylation is 2. The predicted octanol–water partition coefficient (Wildman–Crippen LogP) is 4.98. The lowest BCUT2D eigenvalue weighted by atomic mass is 9.99. The van der Waals surface area contributed by atoms with E-state index in [0.29, 0.717) is 30.9 Å². The number of nitrogens with zero attached hydrogens (tertiary/aromatic N) is 4. The number of hydrogen-bond acceptors (Lipinski definition) is 4. The Hall–Kier alpha value is -3.52.